The summed E-state index contributed by atoms with van der Waals surface area (Å²) in [5.41, 5.74) is 2.62. The molecule has 0 radical (unpaired) electrons. The minimum Gasteiger partial charge on any atom is -0.393 e. The zero-order chi connectivity index (χ0) is 13.4. The van der Waals surface area contributed by atoms with Crippen LogP contribution in [0.15, 0.2) is 24.3 Å². The molecule has 0 aliphatic rings. The molecule has 1 unspecified atom stereocenters. The Kier molecular flexibility index (Phi) is 7.04. The molecule has 0 saturated heterocycles. The molecule has 0 aliphatic carbocycles. The molecule has 1 rings (SSSR count). The van der Waals surface area contributed by atoms with E-state index in [-0.39, 0.29) is 6.10 Å². The summed E-state index contributed by atoms with van der Waals surface area (Å²) in [6, 6.07) is 8.68. The van der Waals surface area contributed by atoms with Crippen molar-refractivity contribution in [2.24, 2.45) is 0 Å². The molecule has 1 aromatic rings. The SMILES string of the molecule is CCCCCCC(O)Cc1ccc(C(C)C)cc1. The van der Waals surface area contributed by atoms with Crippen LogP contribution in [0.5, 0.6) is 0 Å². The van der Waals surface area contributed by atoms with E-state index in [0.29, 0.717) is 5.92 Å². The maximum atomic E-state index is 9.98. The Morgan fingerprint density at radius 3 is 2.22 bits per heavy atom. The first-order valence-corrected chi connectivity index (χ1v) is 7.40. The lowest BCUT2D eigenvalue weighted by Gasteiger charge is -2.11. The second kappa shape index (κ2) is 8.31. The number of aliphatic hydroxyl groups excluding tert-OH is 1. The van der Waals surface area contributed by atoms with Crippen molar-refractivity contribution in [2.75, 3.05) is 0 Å². The van der Waals surface area contributed by atoms with Gasteiger partial charge in [-0.2, -0.15) is 0 Å². The Bertz CT molecular complexity index is 313. The lowest BCUT2D eigenvalue weighted by atomic mass is 9.98. The third-order valence-electron chi connectivity index (χ3n) is 3.51. The van der Waals surface area contributed by atoms with Crippen molar-refractivity contribution in [1.82, 2.24) is 0 Å². The first kappa shape index (κ1) is 15.2. The van der Waals surface area contributed by atoms with Crippen molar-refractivity contribution in [1.29, 1.82) is 0 Å². The molecular formula is C17H28O. The summed E-state index contributed by atoms with van der Waals surface area (Å²) in [7, 11) is 0. The van der Waals surface area contributed by atoms with Gasteiger partial charge < -0.3 is 5.11 Å². The third-order valence-corrected chi connectivity index (χ3v) is 3.51. The van der Waals surface area contributed by atoms with Gasteiger partial charge in [-0.25, -0.2) is 0 Å². The largest absolute Gasteiger partial charge is 0.393 e. The summed E-state index contributed by atoms with van der Waals surface area (Å²) in [4.78, 5) is 0. The fourth-order valence-electron chi connectivity index (χ4n) is 2.22. The highest BCUT2D eigenvalue weighted by atomic mass is 16.3. The number of hydrogen-bond donors (Lipinski definition) is 1. The molecule has 18 heavy (non-hydrogen) atoms. The molecular weight excluding hydrogens is 220 g/mol. The van der Waals surface area contributed by atoms with Crippen molar-refractivity contribution in [3.8, 4) is 0 Å². The zero-order valence-corrected chi connectivity index (χ0v) is 12.2. The maximum absolute atomic E-state index is 9.98. The van der Waals surface area contributed by atoms with Crippen LogP contribution in [-0.4, -0.2) is 11.2 Å². The van der Waals surface area contributed by atoms with Gasteiger partial charge in [0, 0.05) is 0 Å². The fraction of sp³-hybridized carbons (Fsp3) is 0.647. The van der Waals surface area contributed by atoms with Crippen LogP contribution in [-0.2, 0) is 6.42 Å². The molecule has 1 heteroatoms. The van der Waals surface area contributed by atoms with E-state index in [0.717, 1.165) is 19.3 Å². The summed E-state index contributed by atoms with van der Waals surface area (Å²) >= 11 is 0. The van der Waals surface area contributed by atoms with Crippen LogP contribution in [0.25, 0.3) is 0 Å². The molecule has 1 atom stereocenters. The number of hydrogen-bond acceptors (Lipinski definition) is 1. The molecule has 102 valence electrons. The van der Waals surface area contributed by atoms with Crippen LogP contribution >= 0.6 is 0 Å². The van der Waals surface area contributed by atoms with Gasteiger partial charge >= 0.3 is 0 Å². The van der Waals surface area contributed by atoms with Gasteiger partial charge in [0.1, 0.15) is 0 Å². The van der Waals surface area contributed by atoms with Crippen LogP contribution in [0.1, 0.15) is 69.9 Å². The highest BCUT2D eigenvalue weighted by Gasteiger charge is 2.06. The predicted octanol–water partition coefficient (Wildman–Crippen LogP) is 4.68. The minimum absolute atomic E-state index is 0.174. The molecule has 0 fully saturated rings. The van der Waals surface area contributed by atoms with Crippen molar-refractivity contribution < 1.29 is 5.11 Å². The van der Waals surface area contributed by atoms with Crippen LogP contribution in [0.3, 0.4) is 0 Å². The highest BCUT2D eigenvalue weighted by molar-refractivity contribution is 5.25. The van der Waals surface area contributed by atoms with Crippen molar-refractivity contribution in [3.63, 3.8) is 0 Å². The summed E-state index contributed by atoms with van der Waals surface area (Å²) in [6.45, 7) is 6.63. The van der Waals surface area contributed by atoms with Crippen molar-refractivity contribution in [2.45, 2.75) is 71.3 Å². The molecule has 0 heterocycles. The van der Waals surface area contributed by atoms with E-state index < -0.39 is 0 Å². The van der Waals surface area contributed by atoms with Gasteiger partial charge in [0.2, 0.25) is 0 Å². The Balaban J connectivity index is 2.32. The van der Waals surface area contributed by atoms with Crippen molar-refractivity contribution in [3.05, 3.63) is 35.4 Å². The van der Waals surface area contributed by atoms with Crippen LogP contribution in [0, 0.1) is 0 Å². The molecule has 0 aliphatic heterocycles. The van der Waals surface area contributed by atoms with Gasteiger partial charge in [0.25, 0.3) is 0 Å². The fourth-order valence-corrected chi connectivity index (χ4v) is 2.22. The van der Waals surface area contributed by atoms with E-state index in [1.54, 1.807) is 0 Å². The Morgan fingerprint density at radius 1 is 1.00 bits per heavy atom. The van der Waals surface area contributed by atoms with E-state index in [2.05, 4.69) is 45.0 Å². The molecule has 0 spiro atoms. The summed E-state index contributed by atoms with van der Waals surface area (Å²) in [5.74, 6) is 0.581. The van der Waals surface area contributed by atoms with E-state index in [9.17, 15) is 5.11 Å². The van der Waals surface area contributed by atoms with Gasteiger partial charge in [0.15, 0.2) is 0 Å². The standard InChI is InChI=1S/C17H28O/c1-4-5-6-7-8-17(18)13-15-9-11-16(12-10-15)14(2)3/h9-12,14,17-18H,4-8,13H2,1-3H3. The first-order chi connectivity index (χ1) is 8.63. The molecule has 0 amide bonds. The average molecular weight is 248 g/mol. The summed E-state index contributed by atoms with van der Waals surface area (Å²) < 4.78 is 0. The lowest BCUT2D eigenvalue weighted by molar-refractivity contribution is 0.161. The Morgan fingerprint density at radius 2 is 1.67 bits per heavy atom. The van der Waals surface area contributed by atoms with Crippen molar-refractivity contribution >= 4 is 0 Å². The average Bonchev–Trinajstić information content (AvgIpc) is 2.35. The lowest BCUT2D eigenvalue weighted by Crippen LogP contribution is -2.10. The Labute approximate surface area is 112 Å². The monoisotopic (exact) mass is 248 g/mol. The molecule has 0 saturated carbocycles. The minimum atomic E-state index is -0.174. The van der Waals surface area contributed by atoms with Crippen LogP contribution in [0.2, 0.25) is 0 Å². The quantitative estimate of drug-likeness (QED) is 0.662. The summed E-state index contributed by atoms with van der Waals surface area (Å²) in [5, 5.41) is 9.98. The normalized spacial score (nSPS) is 12.9. The topological polar surface area (TPSA) is 20.2 Å². The molecule has 0 bridgehead atoms. The van der Waals surface area contributed by atoms with Gasteiger partial charge in [-0.1, -0.05) is 70.7 Å². The molecule has 1 N–H and O–H groups in total. The third kappa shape index (κ3) is 5.68. The van der Waals surface area contributed by atoms with E-state index in [4.69, 9.17) is 0 Å². The zero-order valence-electron chi connectivity index (χ0n) is 12.2. The van der Waals surface area contributed by atoms with Gasteiger partial charge in [-0.3, -0.25) is 0 Å². The van der Waals surface area contributed by atoms with E-state index in [1.165, 1.54) is 30.4 Å². The van der Waals surface area contributed by atoms with E-state index >= 15 is 0 Å². The van der Waals surface area contributed by atoms with Crippen LogP contribution in [0.4, 0.5) is 0 Å². The highest BCUT2D eigenvalue weighted by Crippen LogP contribution is 2.16. The Hall–Kier alpha value is -0.820. The van der Waals surface area contributed by atoms with Gasteiger partial charge in [-0.15, -0.1) is 0 Å². The predicted molar refractivity (Wildman–Crippen MR) is 79.0 cm³/mol. The van der Waals surface area contributed by atoms with E-state index in [1.807, 2.05) is 0 Å². The maximum Gasteiger partial charge on any atom is 0.0580 e. The summed E-state index contributed by atoms with van der Waals surface area (Å²) in [6.07, 6.45) is 6.50. The smallest absolute Gasteiger partial charge is 0.0580 e. The number of rotatable bonds is 8. The first-order valence-electron chi connectivity index (χ1n) is 7.40. The van der Waals surface area contributed by atoms with Crippen LogP contribution < -0.4 is 0 Å². The van der Waals surface area contributed by atoms with Gasteiger partial charge in [-0.05, 0) is 29.9 Å². The number of unbranched alkanes of at least 4 members (excludes halogenated alkanes) is 3. The molecule has 0 aromatic heterocycles. The second-order valence-corrected chi connectivity index (χ2v) is 5.60. The number of benzene rings is 1. The number of aliphatic hydroxyl groups is 1. The molecule has 1 nitrogen and oxygen atoms in total. The van der Waals surface area contributed by atoms with Gasteiger partial charge in [0.05, 0.1) is 6.10 Å². The molecule has 1 aromatic carbocycles. The second-order valence-electron chi connectivity index (χ2n) is 5.60.